The number of hydrogen-bond donors (Lipinski definition) is 1. The lowest BCUT2D eigenvalue weighted by molar-refractivity contribution is -0.898. The molecule has 2 aromatic carbocycles. The number of nitrogens with one attached hydrogen (secondary N) is 1. The fraction of sp³-hybridized carbons (Fsp3) is 0.350. The van der Waals surface area contributed by atoms with Gasteiger partial charge in [0.1, 0.15) is 0 Å². The zero-order chi connectivity index (χ0) is 16.5. The van der Waals surface area contributed by atoms with Crippen molar-refractivity contribution in [3.05, 3.63) is 48.5 Å². The highest BCUT2D eigenvalue weighted by Gasteiger charge is 2.31. The van der Waals surface area contributed by atoms with Gasteiger partial charge < -0.3 is 4.90 Å². The van der Waals surface area contributed by atoms with Gasteiger partial charge in [0.2, 0.25) is 0 Å². The molecule has 1 saturated heterocycles. The molecule has 4 heteroatoms. The summed E-state index contributed by atoms with van der Waals surface area (Å²) in [6.45, 7) is 5.12. The van der Waals surface area contributed by atoms with E-state index in [9.17, 15) is 4.79 Å². The van der Waals surface area contributed by atoms with Crippen molar-refractivity contribution in [2.45, 2.75) is 29.6 Å². The van der Waals surface area contributed by atoms with Crippen molar-refractivity contribution < 1.29 is 9.69 Å². The maximum Gasteiger partial charge on any atom is 0.286 e. The van der Waals surface area contributed by atoms with Crippen molar-refractivity contribution in [3.63, 3.8) is 0 Å². The molecule has 0 aliphatic carbocycles. The molecule has 1 amide bonds. The van der Waals surface area contributed by atoms with Crippen molar-refractivity contribution in [1.82, 2.24) is 0 Å². The van der Waals surface area contributed by atoms with E-state index >= 15 is 0 Å². The third-order valence-corrected chi connectivity index (χ3v) is 6.19. The normalized spacial score (nSPS) is 22.6. The molecule has 124 valence electrons. The summed E-state index contributed by atoms with van der Waals surface area (Å²) in [6.07, 6.45) is 2.46. The summed E-state index contributed by atoms with van der Waals surface area (Å²) >= 11 is 1.75. The predicted molar refractivity (Wildman–Crippen MR) is 98.1 cm³/mol. The summed E-state index contributed by atoms with van der Waals surface area (Å²) in [5.41, 5.74) is 2.05. The maximum atomic E-state index is 13.2. The number of para-hydroxylation sites is 2. The minimum absolute atomic E-state index is 0.208. The van der Waals surface area contributed by atoms with Crippen LogP contribution in [0, 0.1) is 5.92 Å². The van der Waals surface area contributed by atoms with Gasteiger partial charge in [0.15, 0.2) is 6.54 Å². The largest absolute Gasteiger partial charge is 0.327 e. The molecule has 0 radical (unpaired) electrons. The van der Waals surface area contributed by atoms with E-state index in [0.717, 1.165) is 40.2 Å². The molecule has 24 heavy (non-hydrogen) atoms. The van der Waals surface area contributed by atoms with E-state index in [1.165, 1.54) is 17.7 Å². The average molecular weight is 339 g/mol. The number of fused-ring (bicyclic) bond motifs is 2. The molecule has 0 atom stereocenters. The van der Waals surface area contributed by atoms with Gasteiger partial charge in [-0.2, -0.15) is 0 Å². The Bertz CT molecular complexity index is 707. The third-order valence-electron chi connectivity index (χ3n) is 5.06. The van der Waals surface area contributed by atoms with Crippen LogP contribution in [0.5, 0.6) is 0 Å². The van der Waals surface area contributed by atoms with Crippen LogP contribution < -0.4 is 9.80 Å². The van der Waals surface area contributed by atoms with E-state index in [-0.39, 0.29) is 5.91 Å². The first-order valence-electron chi connectivity index (χ1n) is 8.75. The van der Waals surface area contributed by atoms with E-state index in [2.05, 4.69) is 31.2 Å². The van der Waals surface area contributed by atoms with Crippen molar-refractivity contribution >= 4 is 29.0 Å². The number of anilines is 2. The third kappa shape index (κ3) is 2.96. The second-order valence-electron chi connectivity index (χ2n) is 6.88. The van der Waals surface area contributed by atoms with Crippen LogP contribution in [-0.2, 0) is 4.79 Å². The summed E-state index contributed by atoms with van der Waals surface area (Å²) in [6, 6.07) is 16.4. The van der Waals surface area contributed by atoms with Crippen LogP contribution in [0.2, 0.25) is 0 Å². The van der Waals surface area contributed by atoms with Crippen molar-refractivity contribution in [3.8, 4) is 0 Å². The molecule has 0 saturated carbocycles. The molecule has 4 rings (SSSR count). The molecule has 2 aliphatic rings. The minimum Gasteiger partial charge on any atom is -0.327 e. The van der Waals surface area contributed by atoms with E-state index in [1.54, 1.807) is 11.8 Å². The smallest absolute Gasteiger partial charge is 0.286 e. The topological polar surface area (TPSA) is 24.8 Å². The summed E-state index contributed by atoms with van der Waals surface area (Å²) in [5.74, 6) is 1.01. The molecule has 0 unspecified atom stereocenters. The van der Waals surface area contributed by atoms with Gasteiger partial charge >= 0.3 is 0 Å². The highest BCUT2D eigenvalue weighted by atomic mass is 32.2. The van der Waals surface area contributed by atoms with Crippen LogP contribution in [-0.4, -0.2) is 25.5 Å². The summed E-state index contributed by atoms with van der Waals surface area (Å²) in [5, 5.41) is 0. The van der Waals surface area contributed by atoms with E-state index in [0.29, 0.717) is 6.54 Å². The van der Waals surface area contributed by atoms with E-state index < -0.39 is 0 Å². The first-order valence-corrected chi connectivity index (χ1v) is 9.56. The Labute approximate surface area is 147 Å². The summed E-state index contributed by atoms with van der Waals surface area (Å²) in [4.78, 5) is 18.8. The molecule has 0 spiro atoms. The Morgan fingerprint density at radius 2 is 1.58 bits per heavy atom. The highest BCUT2D eigenvalue weighted by Crippen LogP contribution is 2.47. The highest BCUT2D eigenvalue weighted by molar-refractivity contribution is 7.99. The number of hydrogen-bond acceptors (Lipinski definition) is 2. The fourth-order valence-corrected chi connectivity index (χ4v) is 4.67. The monoisotopic (exact) mass is 339 g/mol. The van der Waals surface area contributed by atoms with Crippen LogP contribution in [0.1, 0.15) is 19.8 Å². The molecule has 0 bridgehead atoms. The molecule has 1 N–H and O–H groups in total. The van der Waals surface area contributed by atoms with Gasteiger partial charge in [-0.3, -0.25) is 9.69 Å². The SMILES string of the molecule is CC1CC[NH+](CC(=O)N2c3ccccc3Sc3ccccc32)CC1. The molecule has 2 aromatic rings. The van der Waals surface area contributed by atoms with E-state index in [4.69, 9.17) is 0 Å². The molecule has 2 aliphatic heterocycles. The quantitative estimate of drug-likeness (QED) is 0.909. The number of carbonyl (C=O) groups excluding carboxylic acids is 1. The van der Waals surface area contributed by atoms with Crippen LogP contribution in [0.4, 0.5) is 11.4 Å². The van der Waals surface area contributed by atoms with Gasteiger partial charge in [-0.25, -0.2) is 0 Å². The molecule has 2 heterocycles. The lowest BCUT2D eigenvalue weighted by Crippen LogP contribution is -3.14. The van der Waals surface area contributed by atoms with Crippen LogP contribution in [0.3, 0.4) is 0 Å². The second-order valence-corrected chi connectivity index (χ2v) is 7.96. The first-order chi connectivity index (χ1) is 11.7. The standard InChI is InChI=1S/C20H22N2OS/c1-15-10-12-21(13-11-15)14-20(23)22-16-6-2-4-8-18(16)24-19-9-5-3-7-17(19)22/h2-9,15H,10-14H2,1H3/p+1. The number of nitrogens with zero attached hydrogens (tertiary/aromatic N) is 1. The Morgan fingerprint density at radius 1 is 1.04 bits per heavy atom. The number of rotatable bonds is 2. The zero-order valence-electron chi connectivity index (χ0n) is 14.0. The number of likely N-dealkylation sites (tertiary alicyclic amines) is 1. The van der Waals surface area contributed by atoms with Gasteiger partial charge in [-0.1, -0.05) is 43.0 Å². The van der Waals surface area contributed by atoms with Crippen LogP contribution >= 0.6 is 11.8 Å². The second kappa shape index (κ2) is 6.61. The Hall–Kier alpha value is -1.78. The number of amides is 1. The van der Waals surface area contributed by atoms with Crippen molar-refractivity contribution in [1.29, 1.82) is 0 Å². The number of piperidine rings is 1. The zero-order valence-corrected chi connectivity index (χ0v) is 14.8. The number of quaternary nitrogens is 1. The number of benzene rings is 2. The summed E-state index contributed by atoms with van der Waals surface area (Å²) < 4.78 is 0. The summed E-state index contributed by atoms with van der Waals surface area (Å²) in [7, 11) is 0. The molecule has 3 nitrogen and oxygen atoms in total. The fourth-order valence-electron chi connectivity index (χ4n) is 3.61. The first kappa shape index (κ1) is 15.7. The minimum atomic E-state index is 0.208. The lowest BCUT2D eigenvalue weighted by atomic mass is 9.99. The lowest BCUT2D eigenvalue weighted by Gasteiger charge is -2.33. The van der Waals surface area contributed by atoms with Gasteiger partial charge in [-0.15, -0.1) is 0 Å². The van der Waals surface area contributed by atoms with Gasteiger partial charge in [-0.05, 0) is 43.0 Å². The van der Waals surface area contributed by atoms with Crippen LogP contribution in [0.15, 0.2) is 58.3 Å². The Balaban J connectivity index is 1.63. The van der Waals surface area contributed by atoms with Gasteiger partial charge in [0, 0.05) is 9.79 Å². The van der Waals surface area contributed by atoms with Crippen LogP contribution in [0.25, 0.3) is 0 Å². The Kier molecular flexibility index (Phi) is 4.33. The van der Waals surface area contributed by atoms with E-state index in [1.807, 2.05) is 29.2 Å². The van der Waals surface area contributed by atoms with Gasteiger partial charge in [0.25, 0.3) is 5.91 Å². The maximum absolute atomic E-state index is 13.2. The van der Waals surface area contributed by atoms with Crippen molar-refractivity contribution in [2.75, 3.05) is 24.5 Å². The van der Waals surface area contributed by atoms with Crippen molar-refractivity contribution in [2.24, 2.45) is 5.92 Å². The van der Waals surface area contributed by atoms with Gasteiger partial charge in [0.05, 0.1) is 24.5 Å². The predicted octanol–water partition coefficient (Wildman–Crippen LogP) is 3.13. The molecular formula is C20H23N2OS+. The Morgan fingerprint density at radius 3 is 2.17 bits per heavy atom. The molecular weight excluding hydrogens is 316 g/mol. The molecule has 1 fully saturated rings. The molecule has 0 aromatic heterocycles. The average Bonchev–Trinajstić information content (AvgIpc) is 2.61. The number of carbonyl (C=O) groups is 1.